The number of methoxy groups -OCH3 is 1. The first-order valence-electron chi connectivity index (χ1n) is 8.26. The topological polar surface area (TPSA) is 44.3 Å². The SMILES string of the molecule is COCCC[NH2+]CCOCCOc1cc(C)cc(C(C)C)c1. The first-order valence-corrected chi connectivity index (χ1v) is 8.26. The summed E-state index contributed by atoms with van der Waals surface area (Å²) in [5.74, 6) is 1.46. The molecule has 0 aromatic heterocycles. The fourth-order valence-corrected chi connectivity index (χ4v) is 2.20. The molecule has 4 heteroatoms. The van der Waals surface area contributed by atoms with Gasteiger partial charge in [0.1, 0.15) is 12.4 Å². The van der Waals surface area contributed by atoms with Crippen LogP contribution in [0.5, 0.6) is 5.75 Å². The highest BCUT2D eigenvalue weighted by molar-refractivity contribution is 5.35. The van der Waals surface area contributed by atoms with Gasteiger partial charge in [-0.1, -0.05) is 19.9 Å². The lowest BCUT2D eigenvalue weighted by molar-refractivity contribution is -0.656. The van der Waals surface area contributed by atoms with E-state index in [1.807, 2.05) is 0 Å². The third kappa shape index (κ3) is 8.37. The van der Waals surface area contributed by atoms with Crippen molar-refractivity contribution < 1.29 is 19.5 Å². The Labute approximate surface area is 135 Å². The molecule has 1 aromatic carbocycles. The molecule has 4 nitrogen and oxygen atoms in total. The highest BCUT2D eigenvalue weighted by Crippen LogP contribution is 2.22. The van der Waals surface area contributed by atoms with Crippen LogP contribution >= 0.6 is 0 Å². The molecule has 0 bridgehead atoms. The van der Waals surface area contributed by atoms with Crippen LogP contribution in [0.4, 0.5) is 0 Å². The highest BCUT2D eigenvalue weighted by Gasteiger charge is 2.03. The quantitative estimate of drug-likeness (QED) is 0.601. The molecule has 0 aliphatic carbocycles. The predicted octanol–water partition coefficient (Wildman–Crippen LogP) is 2.11. The van der Waals surface area contributed by atoms with Crippen LogP contribution in [0.2, 0.25) is 0 Å². The second-order valence-corrected chi connectivity index (χ2v) is 5.91. The molecule has 0 radical (unpaired) electrons. The van der Waals surface area contributed by atoms with Gasteiger partial charge < -0.3 is 19.5 Å². The van der Waals surface area contributed by atoms with Gasteiger partial charge in [-0.15, -0.1) is 0 Å². The van der Waals surface area contributed by atoms with Gasteiger partial charge in [-0.05, 0) is 36.1 Å². The molecule has 0 unspecified atom stereocenters. The van der Waals surface area contributed by atoms with Gasteiger partial charge in [0.15, 0.2) is 0 Å². The maximum atomic E-state index is 5.79. The van der Waals surface area contributed by atoms with Gasteiger partial charge in [-0.25, -0.2) is 0 Å². The average molecular weight is 310 g/mol. The van der Waals surface area contributed by atoms with Crippen molar-refractivity contribution in [3.63, 3.8) is 0 Å². The van der Waals surface area contributed by atoms with E-state index in [9.17, 15) is 0 Å². The van der Waals surface area contributed by atoms with E-state index in [2.05, 4.69) is 44.3 Å². The molecule has 0 saturated heterocycles. The average Bonchev–Trinajstić information content (AvgIpc) is 2.48. The van der Waals surface area contributed by atoms with Gasteiger partial charge in [0, 0.05) is 13.5 Å². The zero-order chi connectivity index (χ0) is 16.2. The largest absolute Gasteiger partial charge is 0.491 e. The summed E-state index contributed by atoms with van der Waals surface area (Å²) in [5.41, 5.74) is 2.56. The maximum Gasteiger partial charge on any atom is 0.119 e. The Morgan fingerprint density at radius 1 is 1.00 bits per heavy atom. The summed E-state index contributed by atoms with van der Waals surface area (Å²) in [6.45, 7) is 11.4. The zero-order valence-corrected chi connectivity index (χ0v) is 14.6. The Bertz CT molecular complexity index is 407. The lowest BCUT2D eigenvalue weighted by Crippen LogP contribution is -2.85. The fraction of sp³-hybridized carbons (Fsp3) is 0.667. The van der Waals surface area contributed by atoms with Crippen LogP contribution < -0.4 is 10.1 Å². The summed E-state index contributed by atoms with van der Waals surface area (Å²) in [4.78, 5) is 0. The molecule has 0 amide bonds. The minimum Gasteiger partial charge on any atom is -0.491 e. The molecular weight excluding hydrogens is 278 g/mol. The molecule has 22 heavy (non-hydrogen) atoms. The molecule has 0 aliphatic heterocycles. The van der Waals surface area contributed by atoms with Gasteiger partial charge in [-0.2, -0.15) is 0 Å². The summed E-state index contributed by atoms with van der Waals surface area (Å²) in [6, 6.07) is 6.42. The summed E-state index contributed by atoms with van der Waals surface area (Å²) >= 11 is 0. The van der Waals surface area contributed by atoms with E-state index < -0.39 is 0 Å². The Morgan fingerprint density at radius 3 is 2.55 bits per heavy atom. The van der Waals surface area contributed by atoms with Crippen molar-refractivity contribution in [2.24, 2.45) is 0 Å². The summed E-state index contributed by atoms with van der Waals surface area (Å²) in [7, 11) is 1.74. The van der Waals surface area contributed by atoms with Crippen molar-refractivity contribution >= 4 is 0 Å². The van der Waals surface area contributed by atoms with Crippen molar-refractivity contribution in [2.45, 2.75) is 33.1 Å². The van der Waals surface area contributed by atoms with E-state index in [0.29, 0.717) is 19.1 Å². The number of ether oxygens (including phenoxy) is 3. The maximum absolute atomic E-state index is 5.79. The van der Waals surface area contributed by atoms with Crippen molar-refractivity contribution in [3.05, 3.63) is 29.3 Å². The van der Waals surface area contributed by atoms with Crippen LogP contribution in [0.3, 0.4) is 0 Å². The van der Waals surface area contributed by atoms with Gasteiger partial charge in [-0.3, -0.25) is 0 Å². The van der Waals surface area contributed by atoms with Crippen LogP contribution in [0.25, 0.3) is 0 Å². The van der Waals surface area contributed by atoms with Crippen molar-refractivity contribution in [2.75, 3.05) is 46.6 Å². The lowest BCUT2D eigenvalue weighted by atomic mass is 10.0. The number of quaternary nitrogens is 1. The van der Waals surface area contributed by atoms with Gasteiger partial charge >= 0.3 is 0 Å². The van der Waals surface area contributed by atoms with Crippen molar-refractivity contribution in [1.82, 2.24) is 0 Å². The second-order valence-electron chi connectivity index (χ2n) is 5.91. The van der Waals surface area contributed by atoms with Crippen molar-refractivity contribution in [3.8, 4) is 5.75 Å². The summed E-state index contributed by atoms with van der Waals surface area (Å²) < 4.78 is 16.4. The molecule has 126 valence electrons. The van der Waals surface area contributed by atoms with E-state index in [4.69, 9.17) is 14.2 Å². The van der Waals surface area contributed by atoms with Gasteiger partial charge in [0.05, 0.1) is 32.9 Å². The van der Waals surface area contributed by atoms with Gasteiger partial charge in [0.2, 0.25) is 0 Å². The molecule has 0 fully saturated rings. The molecule has 2 N–H and O–H groups in total. The number of hydrogen-bond acceptors (Lipinski definition) is 3. The number of rotatable bonds is 12. The molecule has 1 rings (SSSR count). The molecule has 1 aromatic rings. The summed E-state index contributed by atoms with van der Waals surface area (Å²) in [6.07, 6.45) is 1.09. The van der Waals surface area contributed by atoms with Crippen LogP contribution in [0.1, 0.15) is 37.3 Å². The van der Waals surface area contributed by atoms with Crippen molar-refractivity contribution in [1.29, 1.82) is 0 Å². The minimum atomic E-state index is 0.521. The van der Waals surface area contributed by atoms with E-state index >= 15 is 0 Å². The molecular formula is C18H32NO3+. The monoisotopic (exact) mass is 310 g/mol. The molecule has 0 heterocycles. The third-order valence-electron chi connectivity index (χ3n) is 3.46. The Hall–Kier alpha value is -1.10. The highest BCUT2D eigenvalue weighted by atomic mass is 16.5. The Balaban J connectivity index is 2.10. The molecule has 0 saturated carbocycles. The first-order chi connectivity index (χ1) is 10.6. The lowest BCUT2D eigenvalue weighted by Gasteiger charge is -2.12. The number of nitrogens with two attached hydrogens (primary N) is 1. The standard InChI is InChI=1S/C18H31NO3/c1-15(2)17-12-16(3)13-18(14-17)22-11-10-21-9-7-19-6-5-8-20-4/h12-15,19H,5-11H2,1-4H3/p+1. The van der Waals surface area contributed by atoms with Crippen LogP contribution in [0.15, 0.2) is 18.2 Å². The van der Waals surface area contributed by atoms with Crippen LogP contribution in [-0.2, 0) is 9.47 Å². The van der Waals surface area contributed by atoms with Crippen LogP contribution in [-0.4, -0.2) is 46.6 Å². The van der Waals surface area contributed by atoms with E-state index in [-0.39, 0.29) is 0 Å². The Morgan fingerprint density at radius 2 is 1.82 bits per heavy atom. The smallest absolute Gasteiger partial charge is 0.119 e. The molecule has 0 atom stereocenters. The summed E-state index contributed by atoms with van der Waals surface area (Å²) in [5, 5.41) is 2.26. The minimum absolute atomic E-state index is 0.521. The fourth-order valence-electron chi connectivity index (χ4n) is 2.20. The van der Waals surface area contributed by atoms with E-state index in [1.54, 1.807) is 7.11 Å². The number of aryl methyl sites for hydroxylation is 1. The molecule has 0 aliphatic rings. The van der Waals surface area contributed by atoms with E-state index in [1.165, 1.54) is 11.1 Å². The number of benzene rings is 1. The van der Waals surface area contributed by atoms with Gasteiger partial charge in [0.25, 0.3) is 0 Å². The molecule has 0 spiro atoms. The second kappa shape index (κ2) is 11.5. The Kier molecular flexibility index (Phi) is 9.87. The van der Waals surface area contributed by atoms with Crippen LogP contribution in [0, 0.1) is 6.92 Å². The predicted molar refractivity (Wildman–Crippen MR) is 89.7 cm³/mol. The van der Waals surface area contributed by atoms with E-state index in [0.717, 1.165) is 38.5 Å². The normalized spacial score (nSPS) is 11.1. The number of hydrogen-bond donors (Lipinski definition) is 1. The zero-order valence-electron chi connectivity index (χ0n) is 14.6. The first kappa shape index (κ1) is 18.9. The third-order valence-corrected chi connectivity index (χ3v) is 3.46.